The second kappa shape index (κ2) is 10.7. The third-order valence-electron chi connectivity index (χ3n) is 4.89. The molecule has 9 nitrogen and oxygen atoms in total. The van der Waals surface area contributed by atoms with E-state index in [2.05, 4.69) is 22.5 Å². The minimum absolute atomic E-state index is 0.189. The number of hydrogen-bond acceptors (Lipinski definition) is 5. The predicted octanol–water partition coefficient (Wildman–Crippen LogP) is 0.540. The van der Waals surface area contributed by atoms with E-state index in [0.29, 0.717) is 25.8 Å². The highest BCUT2D eigenvalue weighted by molar-refractivity contribution is 6.28. The quantitative estimate of drug-likeness (QED) is 0.292. The van der Waals surface area contributed by atoms with E-state index < -0.39 is 41.3 Å². The van der Waals surface area contributed by atoms with Crippen LogP contribution in [0.2, 0.25) is 0 Å². The molecule has 0 radical (unpaired) electrons. The second-order valence-electron chi connectivity index (χ2n) is 8.16. The lowest BCUT2D eigenvalue weighted by Gasteiger charge is -2.35. The summed E-state index contributed by atoms with van der Waals surface area (Å²) < 4.78 is 0. The minimum atomic E-state index is -0.946. The van der Waals surface area contributed by atoms with Crippen LogP contribution < -0.4 is 16.0 Å². The van der Waals surface area contributed by atoms with Gasteiger partial charge >= 0.3 is 6.03 Å². The molecule has 0 aromatic carbocycles. The Kier molecular flexibility index (Phi) is 9.00. The monoisotopic (exact) mass is 408 g/mol. The lowest BCUT2D eigenvalue weighted by atomic mass is 9.85. The summed E-state index contributed by atoms with van der Waals surface area (Å²) in [5.74, 6) is -1.55. The number of ketones is 1. The molecule has 3 unspecified atom stereocenters. The summed E-state index contributed by atoms with van der Waals surface area (Å²) in [4.78, 5) is 61.9. The molecule has 0 aliphatic carbocycles. The second-order valence-corrected chi connectivity index (χ2v) is 8.16. The maximum atomic E-state index is 13.2. The Bertz CT molecular complexity index is 656. The Morgan fingerprint density at radius 1 is 1.21 bits per heavy atom. The van der Waals surface area contributed by atoms with Gasteiger partial charge in [0.1, 0.15) is 12.1 Å². The number of amides is 4. The SMILES string of the molecule is C=CCCC(NC(=O)C1CCCN1C(=O)C(NC(=O)NC)C(C)(C)C)C(=O)C=O. The summed E-state index contributed by atoms with van der Waals surface area (Å²) in [5, 5.41) is 7.69. The van der Waals surface area contributed by atoms with Crippen LogP contribution in [0.1, 0.15) is 46.5 Å². The molecule has 162 valence electrons. The highest BCUT2D eigenvalue weighted by Gasteiger charge is 2.42. The molecular formula is C20H32N4O5. The van der Waals surface area contributed by atoms with E-state index in [1.807, 2.05) is 20.8 Å². The van der Waals surface area contributed by atoms with Gasteiger partial charge in [0.2, 0.25) is 17.6 Å². The lowest BCUT2D eigenvalue weighted by molar-refractivity contribution is -0.142. The molecule has 1 heterocycles. The molecule has 0 bridgehead atoms. The van der Waals surface area contributed by atoms with Gasteiger partial charge in [0.15, 0.2) is 6.29 Å². The molecule has 4 amide bonds. The number of carbonyl (C=O) groups excluding carboxylic acids is 5. The summed E-state index contributed by atoms with van der Waals surface area (Å²) in [5.41, 5.74) is -0.576. The molecule has 29 heavy (non-hydrogen) atoms. The average molecular weight is 408 g/mol. The standard InChI is InChI=1S/C20H32N4O5/c1-6-7-9-13(15(26)12-25)22-17(27)14-10-8-11-24(14)18(28)16(20(2,3)4)23-19(29)21-5/h6,12-14,16H,1,7-11H2,2-5H3,(H,22,27)(H2,21,23,29). The van der Waals surface area contributed by atoms with Crippen molar-refractivity contribution < 1.29 is 24.0 Å². The third-order valence-corrected chi connectivity index (χ3v) is 4.89. The fourth-order valence-electron chi connectivity index (χ4n) is 3.24. The first kappa shape index (κ1) is 24.3. The van der Waals surface area contributed by atoms with Gasteiger partial charge in [0, 0.05) is 13.6 Å². The van der Waals surface area contributed by atoms with E-state index in [1.165, 1.54) is 11.9 Å². The smallest absolute Gasteiger partial charge is 0.315 e. The van der Waals surface area contributed by atoms with E-state index >= 15 is 0 Å². The van der Waals surface area contributed by atoms with Gasteiger partial charge in [-0.15, -0.1) is 6.58 Å². The van der Waals surface area contributed by atoms with Crippen LogP contribution >= 0.6 is 0 Å². The van der Waals surface area contributed by atoms with Crippen molar-refractivity contribution in [1.82, 2.24) is 20.9 Å². The molecule has 1 saturated heterocycles. The lowest BCUT2D eigenvalue weighted by Crippen LogP contribution is -2.59. The molecule has 1 fully saturated rings. The van der Waals surface area contributed by atoms with Crippen LogP contribution in [0.4, 0.5) is 4.79 Å². The minimum Gasteiger partial charge on any atom is -0.344 e. The number of aldehydes is 1. The highest BCUT2D eigenvalue weighted by Crippen LogP contribution is 2.26. The molecule has 3 atom stereocenters. The Labute approximate surface area is 171 Å². The van der Waals surface area contributed by atoms with Crippen molar-refractivity contribution >= 4 is 29.9 Å². The molecule has 0 saturated carbocycles. The van der Waals surface area contributed by atoms with Gasteiger partial charge in [0.05, 0.1) is 6.04 Å². The highest BCUT2D eigenvalue weighted by atomic mass is 16.2. The van der Waals surface area contributed by atoms with Gasteiger partial charge in [-0.3, -0.25) is 19.2 Å². The third kappa shape index (κ3) is 6.69. The zero-order valence-corrected chi connectivity index (χ0v) is 17.6. The van der Waals surface area contributed by atoms with E-state index in [4.69, 9.17) is 0 Å². The summed E-state index contributed by atoms with van der Waals surface area (Å²) in [6.45, 7) is 9.42. The Balaban J connectivity index is 2.98. The van der Waals surface area contributed by atoms with Crippen LogP contribution in [0, 0.1) is 5.41 Å². The number of urea groups is 1. The van der Waals surface area contributed by atoms with Crippen molar-refractivity contribution in [1.29, 1.82) is 0 Å². The van der Waals surface area contributed by atoms with Crippen LogP contribution in [-0.2, 0) is 19.2 Å². The van der Waals surface area contributed by atoms with Gasteiger partial charge in [0.25, 0.3) is 0 Å². The first-order valence-corrected chi connectivity index (χ1v) is 9.75. The number of allylic oxidation sites excluding steroid dienone is 1. The Morgan fingerprint density at radius 3 is 2.38 bits per heavy atom. The van der Waals surface area contributed by atoms with Crippen LogP contribution in [-0.4, -0.2) is 66.5 Å². The van der Waals surface area contributed by atoms with Crippen molar-refractivity contribution in [3.63, 3.8) is 0 Å². The zero-order valence-electron chi connectivity index (χ0n) is 17.6. The molecule has 1 aliphatic rings. The number of nitrogens with one attached hydrogen (secondary N) is 3. The van der Waals surface area contributed by atoms with E-state index in [1.54, 1.807) is 6.08 Å². The fourth-order valence-corrected chi connectivity index (χ4v) is 3.24. The molecule has 0 aromatic rings. The first-order valence-electron chi connectivity index (χ1n) is 9.75. The molecule has 0 spiro atoms. The molecular weight excluding hydrogens is 376 g/mol. The van der Waals surface area contributed by atoms with Gasteiger partial charge in [-0.2, -0.15) is 0 Å². The number of likely N-dealkylation sites (tertiary alicyclic amines) is 1. The molecule has 0 aromatic heterocycles. The predicted molar refractivity (Wildman–Crippen MR) is 108 cm³/mol. The number of rotatable bonds is 9. The summed E-state index contributed by atoms with van der Waals surface area (Å²) in [7, 11) is 1.46. The summed E-state index contributed by atoms with van der Waals surface area (Å²) in [6, 6.07) is -3.02. The number of nitrogens with zero attached hydrogens (tertiary/aromatic N) is 1. The van der Waals surface area contributed by atoms with Crippen LogP contribution in [0.15, 0.2) is 12.7 Å². The zero-order chi connectivity index (χ0) is 22.2. The van der Waals surface area contributed by atoms with E-state index in [0.717, 1.165) is 0 Å². The maximum absolute atomic E-state index is 13.2. The number of Topliss-reactive ketones (excluding diaryl/α,β-unsaturated/α-hetero) is 1. The van der Waals surface area contributed by atoms with Crippen molar-refractivity contribution in [3.8, 4) is 0 Å². The Morgan fingerprint density at radius 2 is 1.86 bits per heavy atom. The maximum Gasteiger partial charge on any atom is 0.315 e. The molecule has 9 heteroatoms. The average Bonchev–Trinajstić information content (AvgIpc) is 3.16. The Hall–Kier alpha value is -2.71. The van der Waals surface area contributed by atoms with Crippen molar-refractivity contribution in [2.75, 3.05) is 13.6 Å². The number of hydrogen-bond donors (Lipinski definition) is 3. The summed E-state index contributed by atoms with van der Waals surface area (Å²) in [6.07, 6.45) is 3.57. The fraction of sp³-hybridized carbons (Fsp3) is 0.650. The van der Waals surface area contributed by atoms with Crippen molar-refractivity contribution in [2.24, 2.45) is 5.41 Å². The van der Waals surface area contributed by atoms with Crippen molar-refractivity contribution in [3.05, 3.63) is 12.7 Å². The normalized spacial score (nSPS) is 18.3. The van der Waals surface area contributed by atoms with E-state index in [-0.39, 0.29) is 18.6 Å². The van der Waals surface area contributed by atoms with Crippen LogP contribution in [0.3, 0.4) is 0 Å². The molecule has 1 aliphatic heterocycles. The van der Waals surface area contributed by atoms with Gasteiger partial charge in [-0.1, -0.05) is 26.8 Å². The summed E-state index contributed by atoms with van der Waals surface area (Å²) >= 11 is 0. The van der Waals surface area contributed by atoms with E-state index in [9.17, 15) is 24.0 Å². The number of carbonyl (C=O) groups is 5. The van der Waals surface area contributed by atoms with Crippen LogP contribution in [0.5, 0.6) is 0 Å². The van der Waals surface area contributed by atoms with Gasteiger partial charge in [-0.25, -0.2) is 4.79 Å². The molecule has 3 N–H and O–H groups in total. The van der Waals surface area contributed by atoms with Gasteiger partial charge in [-0.05, 0) is 31.1 Å². The van der Waals surface area contributed by atoms with Gasteiger partial charge < -0.3 is 20.9 Å². The topological polar surface area (TPSA) is 125 Å². The largest absolute Gasteiger partial charge is 0.344 e. The van der Waals surface area contributed by atoms with Crippen LogP contribution in [0.25, 0.3) is 0 Å². The molecule has 1 rings (SSSR count). The van der Waals surface area contributed by atoms with Crippen molar-refractivity contribution in [2.45, 2.75) is 64.6 Å². The first-order chi connectivity index (χ1) is 13.6.